The van der Waals surface area contributed by atoms with Crippen molar-refractivity contribution in [3.63, 3.8) is 0 Å². The average Bonchev–Trinajstić information content (AvgIpc) is 3.04. The summed E-state index contributed by atoms with van der Waals surface area (Å²) in [5, 5.41) is 5.68. The lowest BCUT2D eigenvalue weighted by molar-refractivity contribution is -0.129. The van der Waals surface area contributed by atoms with Gasteiger partial charge in [0.25, 0.3) is 0 Å². The van der Waals surface area contributed by atoms with Crippen LogP contribution < -0.4 is 16.4 Å². The second-order valence-corrected chi connectivity index (χ2v) is 5.99. The Morgan fingerprint density at radius 2 is 1.86 bits per heavy atom. The summed E-state index contributed by atoms with van der Waals surface area (Å²) >= 11 is 0. The van der Waals surface area contributed by atoms with Crippen molar-refractivity contribution in [1.82, 2.24) is 10.6 Å². The highest BCUT2D eigenvalue weighted by Crippen LogP contribution is 2.28. The van der Waals surface area contributed by atoms with E-state index in [9.17, 15) is 9.59 Å². The van der Waals surface area contributed by atoms with Crippen LogP contribution >= 0.6 is 0 Å². The first kappa shape index (κ1) is 16.5. The number of hydrogen-bond donors (Lipinski definition) is 3. The van der Waals surface area contributed by atoms with Crippen molar-refractivity contribution in [3.05, 3.63) is 35.9 Å². The number of hydrogen-bond acceptors (Lipinski definition) is 3. The van der Waals surface area contributed by atoms with E-state index in [0.717, 1.165) is 31.2 Å². The summed E-state index contributed by atoms with van der Waals surface area (Å²) in [6.45, 7) is 1.82. The molecule has 0 aliphatic heterocycles. The highest BCUT2D eigenvalue weighted by Gasteiger charge is 2.31. The van der Waals surface area contributed by atoms with Gasteiger partial charge >= 0.3 is 0 Å². The molecule has 0 spiro atoms. The van der Waals surface area contributed by atoms with Crippen LogP contribution in [0, 0.1) is 5.92 Å². The van der Waals surface area contributed by atoms with Gasteiger partial charge in [0.05, 0.1) is 0 Å². The normalized spacial score (nSPS) is 17.7. The molecule has 2 rings (SSSR count). The van der Waals surface area contributed by atoms with Gasteiger partial charge < -0.3 is 16.4 Å². The number of benzene rings is 1. The van der Waals surface area contributed by atoms with Gasteiger partial charge in [-0.05, 0) is 24.3 Å². The van der Waals surface area contributed by atoms with Crippen molar-refractivity contribution < 1.29 is 9.59 Å². The van der Waals surface area contributed by atoms with Crippen LogP contribution in [0.2, 0.25) is 0 Å². The molecule has 0 bridgehead atoms. The van der Waals surface area contributed by atoms with Gasteiger partial charge in [0.15, 0.2) is 0 Å². The predicted molar refractivity (Wildman–Crippen MR) is 85.9 cm³/mol. The predicted octanol–water partition coefficient (Wildman–Crippen LogP) is 1.50. The zero-order valence-corrected chi connectivity index (χ0v) is 13.0. The largest absolute Gasteiger partial charge is 0.352 e. The minimum atomic E-state index is -0.442. The van der Waals surface area contributed by atoms with Crippen molar-refractivity contribution in [1.29, 1.82) is 0 Å². The summed E-state index contributed by atoms with van der Waals surface area (Å²) in [5.41, 5.74) is 7.08. The van der Waals surface area contributed by atoms with Crippen molar-refractivity contribution in [3.8, 4) is 0 Å². The first-order valence-electron chi connectivity index (χ1n) is 7.93. The molecule has 5 nitrogen and oxygen atoms in total. The Morgan fingerprint density at radius 3 is 2.45 bits per heavy atom. The number of rotatable bonds is 6. The Kier molecular flexibility index (Phi) is 5.95. The van der Waals surface area contributed by atoms with E-state index in [1.807, 2.05) is 30.3 Å². The van der Waals surface area contributed by atoms with Crippen LogP contribution in [0.3, 0.4) is 0 Å². The van der Waals surface area contributed by atoms with Crippen molar-refractivity contribution in [2.24, 2.45) is 11.7 Å². The summed E-state index contributed by atoms with van der Waals surface area (Å²) < 4.78 is 0. The molecule has 22 heavy (non-hydrogen) atoms. The van der Waals surface area contributed by atoms with Crippen LogP contribution in [0.4, 0.5) is 0 Å². The van der Waals surface area contributed by atoms with Crippen molar-refractivity contribution in [2.75, 3.05) is 6.54 Å². The Morgan fingerprint density at radius 1 is 1.23 bits per heavy atom. The molecule has 1 aliphatic rings. The van der Waals surface area contributed by atoms with Gasteiger partial charge in [0.2, 0.25) is 11.8 Å². The summed E-state index contributed by atoms with van der Waals surface area (Å²) in [5.74, 6) is -0.0651. The van der Waals surface area contributed by atoms with Crippen LogP contribution in [0.5, 0.6) is 0 Å². The molecule has 2 atom stereocenters. The molecular formula is C17H25N3O2. The molecule has 2 unspecified atom stereocenters. The molecule has 5 heteroatoms. The lowest BCUT2D eigenvalue weighted by Gasteiger charge is -2.24. The van der Waals surface area contributed by atoms with Gasteiger partial charge in [0.1, 0.15) is 6.04 Å². The van der Waals surface area contributed by atoms with E-state index in [4.69, 9.17) is 5.73 Å². The lowest BCUT2D eigenvalue weighted by Crippen LogP contribution is -2.50. The topological polar surface area (TPSA) is 84.2 Å². The molecule has 1 saturated carbocycles. The first-order chi connectivity index (χ1) is 10.6. The van der Waals surface area contributed by atoms with Gasteiger partial charge in [-0.15, -0.1) is 0 Å². The molecule has 1 aromatic carbocycles. The fraction of sp³-hybridized carbons (Fsp3) is 0.529. The number of carbonyl (C=O) groups is 2. The Hall–Kier alpha value is -1.88. The SMILES string of the molecule is CC(=O)NC(C(=O)NCC(N)c1ccccc1)C1CCCC1. The van der Waals surface area contributed by atoms with Crippen LogP contribution in [-0.4, -0.2) is 24.4 Å². The minimum absolute atomic E-state index is 0.131. The van der Waals surface area contributed by atoms with Crippen LogP contribution in [0.15, 0.2) is 30.3 Å². The van der Waals surface area contributed by atoms with Gasteiger partial charge in [0, 0.05) is 19.5 Å². The molecule has 0 radical (unpaired) electrons. The summed E-state index contributed by atoms with van der Waals surface area (Å²) in [4.78, 5) is 23.8. The van der Waals surface area contributed by atoms with E-state index >= 15 is 0 Å². The zero-order valence-electron chi connectivity index (χ0n) is 13.0. The average molecular weight is 303 g/mol. The number of amides is 2. The number of nitrogens with one attached hydrogen (secondary N) is 2. The maximum absolute atomic E-state index is 12.4. The molecule has 2 amide bonds. The van der Waals surface area contributed by atoms with E-state index in [1.165, 1.54) is 6.92 Å². The van der Waals surface area contributed by atoms with Crippen LogP contribution in [0.25, 0.3) is 0 Å². The quantitative estimate of drug-likeness (QED) is 0.744. The molecular weight excluding hydrogens is 278 g/mol. The Bertz CT molecular complexity index is 498. The van der Waals surface area contributed by atoms with Crippen molar-refractivity contribution in [2.45, 2.75) is 44.7 Å². The van der Waals surface area contributed by atoms with E-state index in [2.05, 4.69) is 10.6 Å². The molecule has 0 saturated heterocycles. The summed E-state index contributed by atoms with van der Waals surface area (Å²) in [6, 6.07) is 8.99. The summed E-state index contributed by atoms with van der Waals surface area (Å²) in [6.07, 6.45) is 4.22. The maximum Gasteiger partial charge on any atom is 0.242 e. The monoisotopic (exact) mass is 303 g/mol. The highest BCUT2D eigenvalue weighted by molar-refractivity contribution is 5.87. The van der Waals surface area contributed by atoms with Crippen LogP contribution in [0.1, 0.15) is 44.2 Å². The van der Waals surface area contributed by atoms with E-state index in [1.54, 1.807) is 0 Å². The third-order valence-corrected chi connectivity index (χ3v) is 4.24. The third kappa shape index (κ3) is 4.56. The third-order valence-electron chi connectivity index (χ3n) is 4.24. The van der Waals surface area contributed by atoms with E-state index < -0.39 is 6.04 Å². The van der Waals surface area contributed by atoms with Crippen LogP contribution in [-0.2, 0) is 9.59 Å². The highest BCUT2D eigenvalue weighted by atomic mass is 16.2. The molecule has 1 aliphatic carbocycles. The zero-order chi connectivity index (χ0) is 15.9. The van der Waals surface area contributed by atoms with Gasteiger partial charge in [-0.3, -0.25) is 9.59 Å². The molecule has 1 aromatic rings. The number of carbonyl (C=O) groups excluding carboxylic acids is 2. The van der Waals surface area contributed by atoms with Crippen molar-refractivity contribution >= 4 is 11.8 Å². The molecule has 0 heterocycles. The fourth-order valence-corrected chi connectivity index (χ4v) is 3.05. The number of nitrogens with two attached hydrogens (primary N) is 1. The second-order valence-electron chi connectivity index (χ2n) is 5.99. The molecule has 120 valence electrons. The minimum Gasteiger partial charge on any atom is -0.352 e. The smallest absolute Gasteiger partial charge is 0.242 e. The molecule has 1 fully saturated rings. The second kappa shape index (κ2) is 7.94. The molecule has 0 aromatic heterocycles. The lowest BCUT2D eigenvalue weighted by atomic mass is 9.97. The van der Waals surface area contributed by atoms with Gasteiger partial charge in [-0.1, -0.05) is 43.2 Å². The standard InChI is InChI=1S/C17H25N3O2/c1-12(21)20-16(14-9-5-6-10-14)17(22)19-11-15(18)13-7-3-2-4-8-13/h2-4,7-8,14-16H,5-6,9-11,18H2,1H3,(H,19,22)(H,20,21). The van der Waals surface area contributed by atoms with E-state index in [0.29, 0.717) is 6.54 Å². The van der Waals surface area contributed by atoms with Gasteiger partial charge in [-0.25, -0.2) is 0 Å². The Balaban J connectivity index is 1.91. The summed E-state index contributed by atoms with van der Waals surface area (Å²) in [7, 11) is 0. The molecule has 4 N–H and O–H groups in total. The first-order valence-corrected chi connectivity index (χ1v) is 7.93. The fourth-order valence-electron chi connectivity index (χ4n) is 3.05. The van der Waals surface area contributed by atoms with Gasteiger partial charge in [-0.2, -0.15) is 0 Å². The Labute approximate surface area is 131 Å². The van der Waals surface area contributed by atoms with E-state index in [-0.39, 0.29) is 23.8 Å². The maximum atomic E-state index is 12.4.